The fraction of sp³-hybridized carbons (Fsp3) is 1.00. The number of rotatable bonds is 3. The molecule has 0 amide bonds. The van der Waals surface area contributed by atoms with Crippen molar-refractivity contribution in [2.24, 2.45) is 5.73 Å². The van der Waals surface area contributed by atoms with Crippen molar-refractivity contribution in [2.45, 2.75) is 37.5 Å². The first kappa shape index (κ1) is 13.3. The van der Waals surface area contributed by atoms with E-state index in [9.17, 15) is 8.42 Å². The Morgan fingerprint density at radius 3 is 2.76 bits per heavy atom. The van der Waals surface area contributed by atoms with Crippen LogP contribution in [-0.4, -0.2) is 61.6 Å². The number of hydrogen-bond acceptors (Lipinski definition) is 4. The molecule has 5 nitrogen and oxygen atoms in total. The molecule has 2 N–H and O–H groups in total. The van der Waals surface area contributed by atoms with Gasteiger partial charge in [-0.2, -0.15) is 4.31 Å². The molecule has 2 saturated heterocycles. The Labute approximate surface area is 104 Å². The normalized spacial score (nSPS) is 29.9. The van der Waals surface area contributed by atoms with Gasteiger partial charge in [-0.15, -0.1) is 0 Å². The molecule has 17 heavy (non-hydrogen) atoms. The van der Waals surface area contributed by atoms with Crippen molar-refractivity contribution in [3.63, 3.8) is 0 Å². The van der Waals surface area contributed by atoms with Gasteiger partial charge in [0.1, 0.15) is 0 Å². The summed E-state index contributed by atoms with van der Waals surface area (Å²) in [7, 11) is -3.18. The Kier molecular flexibility index (Phi) is 4.07. The molecular formula is C11H23N3O2S. The summed E-state index contributed by atoms with van der Waals surface area (Å²) in [5.41, 5.74) is 5.48. The number of fused-ring (bicyclic) bond motifs is 1. The van der Waals surface area contributed by atoms with Crippen LogP contribution < -0.4 is 5.73 Å². The fourth-order valence-electron chi connectivity index (χ4n) is 2.73. The highest BCUT2D eigenvalue weighted by Gasteiger charge is 2.36. The molecule has 2 heterocycles. The smallest absolute Gasteiger partial charge is 0.218 e. The summed E-state index contributed by atoms with van der Waals surface area (Å²) in [6, 6.07) is 0.428. The summed E-state index contributed by atoms with van der Waals surface area (Å²) in [4.78, 5) is 2.43. The summed E-state index contributed by atoms with van der Waals surface area (Å²) in [5.74, 6) is 0. The maximum absolute atomic E-state index is 12.2. The van der Waals surface area contributed by atoms with Crippen molar-refractivity contribution < 1.29 is 8.42 Å². The average Bonchev–Trinajstić information content (AvgIpc) is 2.37. The summed E-state index contributed by atoms with van der Waals surface area (Å²) in [6.45, 7) is 5.19. The molecule has 2 aliphatic heterocycles. The SMILES string of the molecule is CC(CN)S(=O)(=O)N1CCN2CCCCC2C1. The van der Waals surface area contributed by atoms with Crippen LogP contribution in [0.1, 0.15) is 26.2 Å². The van der Waals surface area contributed by atoms with E-state index >= 15 is 0 Å². The van der Waals surface area contributed by atoms with Gasteiger partial charge in [0.15, 0.2) is 0 Å². The third kappa shape index (κ3) is 2.65. The highest BCUT2D eigenvalue weighted by Crippen LogP contribution is 2.23. The third-order valence-electron chi connectivity index (χ3n) is 4.00. The van der Waals surface area contributed by atoms with Gasteiger partial charge in [0, 0.05) is 32.2 Å². The Hall–Kier alpha value is -0.170. The zero-order valence-corrected chi connectivity index (χ0v) is 11.3. The molecule has 6 heteroatoms. The maximum atomic E-state index is 12.2. The van der Waals surface area contributed by atoms with E-state index in [4.69, 9.17) is 5.73 Å². The zero-order valence-electron chi connectivity index (χ0n) is 10.5. The molecule has 0 aliphatic carbocycles. The van der Waals surface area contributed by atoms with E-state index in [0.717, 1.165) is 19.5 Å². The summed E-state index contributed by atoms with van der Waals surface area (Å²) in [6.07, 6.45) is 3.60. The Bertz CT molecular complexity index is 358. The standard InChI is InChI=1S/C11H23N3O2S/c1-10(8-12)17(15,16)14-7-6-13-5-3-2-4-11(13)9-14/h10-11H,2-9,12H2,1H3. The summed E-state index contributed by atoms with van der Waals surface area (Å²) < 4.78 is 26.1. The van der Waals surface area contributed by atoms with Crippen LogP contribution in [0.2, 0.25) is 0 Å². The average molecular weight is 261 g/mol. The van der Waals surface area contributed by atoms with Gasteiger partial charge in [0.05, 0.1) is 5.25 Å². The highest BCUT2D eigenvalue weighted by atomic mass is 32.2. The molecule has 2 unspecified atom stereocenters. The first-order valence-electron chi connectivity index (χ1n) is 6.49. The van der Waals surface area contributed by atoms with Gasteiger partial charge in [0.2, 0.25) is 10.0 Å². The van der Waals surface area contributed by atoms with Crippen molar-refractivity contribution in [3.05, 3.63) is 0 Å². The molecule has 100 valence electrons. The molecule has 0 saturated carbocycles. The number of sulfonamides is 1. The van der Waals surface area contributed by atoms with Crippen LogP contribution in [0, 0.1) is 0 Å². The van der Waals surface area contributed by atoms with E-state index < -0.39 is 15.3 Å². The van der Waals surface area contributed by atoms with Gasteiger partial charge < -0.3 is 5.73 Å². The molecule has 2 fully saturated rings. The third-order valence-corrected chi connectivity index (χ3v) is 6.26. The largest absolute Gasteiger partial charge is 0.329 e. The molecule has 0 bridgehead atoms. The molecule has 2 rings (SSSR count). The van der Waals surface area contributed by atoms with Crippen LogP contribution in [-0.2, 0) is 10.0 Å². The molecule has 2 atom stereocenters. The topological polar surface area (TPSA) is 66.6 Å². The van der Waals surface area contributed by atoms with Crippen molar-refractivity contribution in [1.29, 1.82) is 0 Å². The summed E-state index contributed by atoms with van der Waals surface area (Å²) in [5, 5.41) is -0.461. The molecule has 0 spiro atoms. The second-order valence-electron chi connectivity index (χ2n) is 5.13. The van der Waals surface area contributed by atoms with Crippen LogP contribution in [0.4, 0.5) is 0 Å². The van der Waals surface area contributed by atoms with Crippen molar-refractivity contribution in [2.75, 3.05) is 32.7 Å². The highest BCUT2D eigenvalue weighted by molar-refractivity contribution is 7.89. The second kappa shape index (κ2) is 5.22. The number of piperidine rings is 1. The van der Waals surface area contributed by atoms with Crippen LogP contribution in [0.25, 0.3) is 0 Å². The monoisotopic (exact) mass is 261 g/mol. The van der Waals surface area contributed by atoms with Gasteiger partial charge >= 0.3 is 0 Å². The van der Waals surface area contributed by atoms with E-state index in [0.29, 0.717) is 19.1 Å². The van der Waals surface area contributed by atoms with E-state index in [-0.39, 0.29) is 6.54 Å². The molecule has 0 aromatic heterocycles. The predicted molar refractivity (Wildman–Crippen MR) is 68.2 cm³/mol. The molecule has 2 aliphatic rings. The minimum absolute atomic E-state index is 0.202. The molecule has 0 aromatic carbocycles. The van der Waals surface area contributed by atoms with Gasteiger partial charge in [-0.05, 0) is 26.3 Å². The van der Waals surface area contributed by atoms with Crippen molar-refractivity contribution in [3.8, 4) is 0 Å². The van der Waals surface area contributed by atoms with Gasteiger partial charge in [0.25, 0.3) is 0 Å². The van der Waals surface area contributed by atoms with Gasteiger partial charge in [-0.1, -0.05) is 6.42 Å². The minimum Gasteiger partial charge on any atom is -0.329 e. The van der Waals surface area contributed by atoms with Crippen LogP contribution in [0.15, 0.2) is 0 Å². The van der Waals surface area contributed by atoms with E-state index in [2.05, 4.69) is 4.90 Å². The fourth-order valence-corrected chi connectivity index (χ4v) is 4.20. The van der Waals surface area contributed by atoms with E-state index in [1.54, 1.807) is 11.2 Å². The first-order valence-corrected chi connectivity index (χ1v) is 7.99. The Morgan fingerprint density at radius 1 is 1.29 bits per heavy atom. The number of nitrogens with zero attached hydrogens (tertiary/aromatic N) is 2. The maximum Gasteiger partial charge on any atom is 0.218 e. The second-order valence-corrected chi connectivity index (χ2v) is 7.49. The van der Waals surface area contributed by atoms with Crippen LogP contribution in [0.3, 0.4) is 0 Å². The van der Waals surface area contributed by atoms with Crippen LogP contribution >= 0.6 is 0 Å². The number of hydrogen-bond donors (Lipinski definition) is 1. The zero-order chi connectivity index (χ0) is 12.5. The molecular weight excluding hydrogens is 238 g/mol. The molecule has 0 aromatic rings. The van der Waals surface area contributed by atoms with Crippen molar-refractivity contribution >= 4 is 10.0 Å². The summed E-state index contributed by atoms with van der Waals surface area (Å²) >= 11 is 0. The number of piperazine rings is 1. The van der Waals surface area contributed by atoms with Gasteiger partial charge in [-0.3, -0.25) is 4.90 Å². The lowest BCUT2D eigenvalue weighted by molar-refractivity contribution is 0.0848. The number of nitrogens with two attached hydrogens (primary N) is 1. The lowest BCUT2D eigenvalue weighted by atomic mass is 10.0. The Morgan fingerprint density at radius 2 is 2.06 bits per heavy atom. The first-order chi connectivity index (χ1) is 8.05. The minimum atomic E-state index is -3.18. The Balaban J connectivity index is 2.04. The quantitative estimate of drug-likeness (QED) is 0.766. The van der Waals surface area contributed by atoms with Crippen LogP contribution in [0.5, 0.6) is 0 Å². The van der Waals surface area contributed by atoms with E-state index in [1.807, 2.05) is 0 Å². The predicted octanol–water partition coefficient (Wildman–Crippen LogP) is -0.166. The lowest BCUT2D eigenvalue weighted by Gasteiger charge is -2.43. The van der Waals surface area contributed by atoms with Crippen molar-refractivity contribution in [1.82, 2.24) is 9.21 Å². The van der Waals surface area contributed by atoms with E-state index in [1.165, 1.54) is 12.8 Å². The van der Waals surface area contributed by atoms with Gasteiger partial charge in [-0.25, -0.2) is 8.42 Å². The molecule has 0 radical (unpaired) electrons. The lowest BCUT2D eigenvalue weighted by Crippen LogP contribution is -2.57.